The summed E-state index contributed by atoms with van der Waals surface area (Å²) in [6.07, 6.45) is 2.51. The molecule has 0 aromatic heterocycles. The van der Waals surface area contributed by atoms with Gasteiger partial charge in [-0.15, -0.1) is 4.53 Å². The fourth-order valence-electron chi connectivity index (χ4n) is 0.721. The van der Waals surface area contributed by atoms with Gasteiger partial charge in [0.1, 0.15) is 0 Å². The van der Waals surface area contributed by atoms with Gasteiger partial charge in [-0.3, -0.25) is 5.21 Å². The lowest BCUT2D eigenvalue weighted by atomic mass is 10.4. The molecule has 0 saturated carbocycles. The molecule has 0 aliphatic carbocycles. The quantitative estimate of drug-likeness (QED) is 0.473. The molecule has 2 nitrogen and oxygen atoms in total. The van der Waals surface area contributed by atoms with Crippen molar-refractivity contribution in [3.05, 3.63) is 0 Å². The molecule has 0 aromatic carbocycles. The minimum absolute atomic E-state index is 0.0463. The predicted molar refractivity (Wildman–Crippen MR) is 30.5 cm³/mol. The van der Waals surface area contributed by atoms with E-state index in [0.717, 1.165) is 11.5 Å². The SMILES string of the molecule is ON=S1CCCC1. The summed E-state index contributed by atoms with van der Waals surface area (Å²) in [4.78, 5) is 0. The third-order valence-corrected chi connectivity index (χ3v) is 2.88. The van der Waals surface area contributed by atoms with Crippen LogP contribution in [0.2, 0.25) is 0 Å². The molecule has 1 heterocycles. The Morgan fingerprint density at radius 1 is 1.29 bits per heavy atom. The van der Waals surface area contributed by atoms with Gasteiger partial charge in [-0.2, -0.15) is 0 Å². The van der Waals surface area contributed by atoms with E-state index in [2.05, 4.69) is 4.53 Å². The number of hydrogen-bond donors (Lipinski definition) is 1. The lowest BCUT2D eigenvalue weighted by molar-refractivity contribution is 0.328. The Labute approximate surface area is 45.6 Å². The van der Waals surface area contributed by atoms with E-state index in [1.807, 2.05) is 0 Å². The van der Waals surface area contributed by atoms with Gasteiger partial charge in [0, 0.05) is 11.5 Å². The van der Waals surface area contributed by atoms with Crippen molar-refractivity contribution < 1.29 is 5.21 Å². The summed E-state index contributed by atoms with van der Waals surface area (Å²) in [7, 11) is 0.0463. The van der Waals surface area contributed by atoms with Crippen molar-refractivity contribution in [3.63, 3.8) is 0 Å². The van der Waals surface area contributed by atoms with E-state index in [4.69, 9.17) is 5.21 Å². The first-order valence-electron chi connectivity index (χ1n) is 2.46. The molecule has 42 valence electrons. The summed E-state index contributed by atoms with van der Waals surface area (Å²) in [6, 6.07) is 0. The Bertz CT molecular complexity index is 83.7. The first kappa shape index (κ1) is 5.25. The van der Waals surface area contributed by atoms with Crippen LogP contribution >= 0.6 is 0 Å². The molecule has 0 bridgehead atoms. The second-order valence-electron chi connectivity index (χ2n) is 1.66. The van der Waals surface area contributed by atoms with Crippen LogP contribution in [-0.2, 0) is 10.7 Å². The maximum Gasteiger partial charge on any atom is 0.00663 e. The summed E-state index contributed by atoms with van der Waals surface area (Å²) >= 11 is 0. The highest BCUT2D eigenvalue weighted by Crippen LogP contribution is 2.06. The molecule has 1 saturated heterocycles. The molecule has 0 spiro atoms. The van der Waals surface area contributed by atoms with Crippen LogP contribution in [0, 0.1) is 0 Å². The van der Waals surface area contributed by atoms with Crippen LogP contribution in [0.25, 0.3) is 0 Å². The fourth-order valence-corrected chi connectivity index (χ4v) is 2.16. The number of hydrogen-bond acceptors (Lipinski definition) is 1. The van der Waals surface area contributed by atoms with Gasteiger partial charge in [0.2, 0.25) is 0 Å². The third-order valence-electron chi connectivity index (χ3n) is 1.13. The Balaban J connectivity index is 2.41. The Hall–Kier alpha value is 0.110. The van der Waals surface area contributed by atoms with Crippen molar-refractivity contribution in [2.24, 2.45) is 4.53 Å². The van der Waals surface area contributed by atoms with Gasteiger partial charge in [-0.25, -0.2) is 0 Å². The molecule has 1 N–H and O–H groups in total. The van der Waals surface area contributed by atoms with E-state index in [9.17, 15) is 0 Å². The summed E-state index contributed by atoms with van der Waals surface area (Å²) < 4.78 is 3.22. The molecule has 1 aliphatic rings. The lowest BCUT2D eigenvalue weighted by Gasteiger charge is -1.85. The summed E-state index contributed by atoms with van der Waals surface area (Å²) in [5, 5.41) is 8.20. The van der Waals surface area contributed by atoms with E-state index in [0.29, 0.717) is 0 Å². The number of nitrogens with zero attached hydrogens (tertiary/aromatic N) is 1. The molecule has 0 atom stereocenters. The largest absolute Gasteiger partial charge is 0.262 e. The minimum Gasteiger partial charge on any atom is -0.262 e. The monoisotopic (exact) mass is 119 g/mol. The Morgan fingerprint density at radius 2 is 1.86 bits per heavy atom. The molecule has 3 heteroatoms. The highest BCUT2D eigenvalue weighted by atomic mass is 32.2. The molecule has 1 fully saturated rings. The average molecular weight is 119 g/mol. The Morgan fingerprint density at radius 3 is 2.14 bits per heavy atom. The lowest BCUT2D eigenvalue weighted by Crippen LogP contribution is -1.86. The van der Waals surface area contributed by atoms with Crippen LogP contribution in [-0.4, -0.2) is 16.7 Å². The second-order valence-corrected chi connectivity index (χ2v) is 3.56. The standard InChI is InChI=1S/C4H9NOS/c6-5-7-3-1-2-4-7/h6H,1-4H2. The van der Waals surface area contributed by atoms with Crippen molar-refractivity contribution in [3.8, 4) is 0 Å². The smallest absolute Gasteiger partial charge is 0.00663 e. The average Bonchev–Trinajstić information content (AvgIpc) is 2.14. The normalized spacial score (nSPS) is 23.0. The van der Waals surface area contributed by atoms with Crippen LogP contribution in [0.4, 0.5) is 0 Å². The maximum absolute atomic E-state index is 8.20. The third kappa shape index (κ3) is 1.24. The van der Waals surface area contributed by atoms with Gasteiger partial charge < -0.3 is 0 Å². The zero-order valence-electron chi connectivity index (χ0n) is 4.13. The van der Waals surface area contributed by atoms with Crippen LogP contribution in [0.1, 0.15) is 12.8 Å². The van der Waals surface area contributed by atoms with Gasteiger partial charge in [-0.1, -0.05) is 10.7 Å². The van der Waals surface area contributed by atoms with Gasteiger partial charge >= 0.3 is 0 Å². The van der Waals surface area contributed by atoms with E-state index in [-0.39, 0.29) is 10.7 Å². The van der Waals surface area contributed by atoms with E-state index < -0.39 is 0 Å². The maximum atomic E-state index is 8.20. The molecule has 0 unspecified atom stereocenters. The topological polar surface area (TPSA) is 32.6 Å². The highest BCUT2D eigenvalue weighted by molar-refractivity contribution is 7.87. The fraction of sp³-hybridized carbons (Fsp3) is 1.00. The molecular weight excluding hydrogens is 110 g/mol. The van der Waals surface area contributed by atoms with Crippen LogP contribution < -0.4 is 0 Å². The molecule has 0 radical (unpaired) electrons. The Kier molecular flexibility index (Phi) is 1.82. The molecule has 1 rings (SSSR count). The molecule has 0 aromatic rings. The van der Waals surface area contributed by atoms with Crippen molar-refractivity contribution in [2.75, 3.05) is 11.5 Å². The number of rotatable bonds is 0. The first-order chi connectivity index (χ1) is 3.43. The predicted octanol–water partition coefficient (Wildman–Crippen LogP) is 0.971. The van der Waals surface area contributed by atoms with Gasteiger partial charge in [0.05, 0.1) is 0 Å². The van der Waals surface area contributed by atoms with Crippen molar-refractivity contribution in [1.82, 2.24) is 0 Å². The zero-order chi connectivity index (χ0) is 5.11. The van der Waals surface area contributed by atoms with Crippen LogP contribution in [0.15, 0.2) is 4.53 Å². The van der Waals surface area contributed by atoms with Gasteiger partial charge in [0.15, 0.2) is 0 Å². The molecular formula is C4H9NOS. The first-order valence-corrected chi connectivity index (χ1v) is 3.98. The van der Waals surface area contributed by atoms with Gasteiger partial charge in [0.25, 0.3) is 0 Å². The van der Waals surface area contributed by atoms with Crippen molar-refractivity contribution in [1.29, 1.82) is 0 Å². The highest BCUT2D eigenvalue weighted by Gasteiger charge is 2.04. The summed E-state index contributed by atoms with van der Waals surface area (Å²) in [5.41, 5.74) is 0. The molecule has 0 amide bonds. The zero-order valence-corrected chi connectivity index (χ0v) is 4.95. The van der Waals surface area contributed by atoms with Crippen molar-refractivity contribution >= 4 is 10.7 Å². The van der Waals surface area contributed by atoms with Crippen LogP contribution in [0.5, 0.6) is 0 Å². The summed E-state index contributed by atoms with van der Waals surface area (Å²) in [5.74, 6) is 2.24. The van der Waals surface area contributed by atoms with E-state index in [1.54, 1.807) is 0 Å². The second kappa shape index (κ2) is 2.43. The molecule has 7 heavy (non-hydrogen) atoms. The van der Waals surface area contributed by atoms with Gasteiger partial charge in [-0.05, 0) is 12.8 Å². The minimum atomic E-state index is 0.0463. The summed E-state index contributed by atoms with van der Waals surface area (Å²) in [6.45, 7) is 0. The van der Waals surface area contributed by atoms with E-state index >= 15 is 0 Å². The molecule has 1 aliphatic heterocycles. The van der Waals surface area contributed by atoms with Crippen LogP contribution in [0.3, 0.4) is 0 Å². The van der Waals surface area contributed by atoms with E-state index in [1.165, 1.54) is 12.8 Å². The van der Waals surface area contributed by atoms with Crippen molar-refractivity contribution in [2.45, 2.75) is 12.8 Å².